The van der Waals surface area contributed by atoms with Gasteiger partial charge in [-0.1, -0.05) is 36.2 Å². The molecule has 1 aromatic heterocycles. The third kappa shape index (κ3) is 5.61. The molecular weight excluding hydrogens is 386 g/mol. The highest BCUT2D eigenvalue weighted by atomic mass is 16.6. The van der Waals surface area contributed by atoms with Crippen LogP contribution in [0.2, 0.25) is 0 Å². The first-order valence-electron chi connectivity index (χ1n) is 11.4. The highest BCUT2D eigenvalue weighted by molar-refractivity contribution is 5.32. The van der Waals surface area contributed by atoms with Gasteiger partial charge in [0.1, 0.15) is 13.1 Å². The standard InChI is InChI=1S/C26H31N3O2/c1-21-7-5-8-23(17-21)19-27-16-6-11-26(27)20-28(24-9-3-2-4-10-24)18-22-12-14-25(15-13-22)29(30)31/h5-8,11-17,24H,2-4,9-10,18-20H2,1H3/p+1. The number of hydrogen-bond donors (Lipinski definition) is 1. The lowest BCUT2D eigenvalue weighted by Crippen LogP contribution is -3.13. The maximum absolute atomic E-state index is 11.0. The molecule has 0 amide bonds. The zero-order valence-electron chi connectivity index (χ0n) is 18.3. The lowest BCUT2D eigenvalue weighted by molar-refractivity contribution is -0.953. The Morgan fingerprint density at radius 2 is 1.74 bits per heavy atom. The molecule has 1 N–H and O–H groups in total. The predicted molar refractivity (Wildman–Crippen MR) is 123 cm³/mol. The van der Waals surface area contributed by atoms with Crippen molar-refractivity contribution < 1.29 is 9.82 Å². The van der Waals surface area contributed by atoms with Gasteiger partial charge in [-0.25, -0.2) is 0 Å². The van der Waals surface area contributed by atoms with Gasteiger partial charge in [-0.05, 0) is 62.4 Å². The molecular formula is C26H32N3O2+. The molecule has 2 aromatic carbocycles. The van der Waals surface area contributed by atoms with Crippen molar-refractivity contribution in [2.45, 2.75) is 64.7 Å². The second-order valence-corrected chi connectivity index (χ2v) is 8.89. The van der Waals surface area contributed by atoms with Gasteiger partial charge >= 0.3 is 0 Å². The number of rotatable bonds is 8. The summed E-state index contributed by atoms with van der Waals surface area (Å²) in [5.74, 6) is 0. The Hall–Kier alpha value is -2.92. The van der Waals surface area contributed by atoms with E-state index in [9.17, 15) is 10.1 Å². The summed E-state index contributed by atoms with van der Waals surface area (Å²) >= 11 is 0. The van der Waals surface area contributed by atoms with Gasteiger partial charge in [-0.3, -0.25) is 10.1 Å². The molecule has 0 saturated heterocycles. The summed E-state index contributed by atoms with van der Waals surface area (Å²) in [6, 6.07) is 20.9. The molecule has 0 bridgehead atoms. The molecule has 1 unspecified atom stereocenters. The lowest BCUT2D eigenvalue weighted by Gasteiger charge is -2.32. The second kappa shape index (κ2) is 9.92. The normalized spacial score (nSPS) is 15.6. The van der Waals surface area contributed by atoms with Crippen LogP contribution in [0.1, 0.15) is 54.5 Å². The van der Waals surface area contributed by atoms with Crippen molar-refractivity contribution in [3.63, 3.8) is 0 Å². The number of benzene rings is 2. The molecule has 1 heterocycles. The van der Waals surface area contributed by atoms with Crippen molar-refractivity contribution in [2.24, 2.45) is 0 Å². The maximum atomic E-state index is 11.0. The first kappa shape index (κ1) is 21.3. The number of hydrogen-bond acceptors (Lipinski definition) is 2. The summed E-state index contributed by atoms with van der Waals surface area (Å²) in [5.41, 5.74) is 5.30. The largest absolute Gasteiger partial charge is 0.342 e. The van der Waals surface area contributed by atoms with E-state index in [0.717, 1.165) is 19.6 Å². The molecule has 5 nitrogen and oxygen atoms in total. The van der Waals surface area contributed by atoms with Crippen LogP contribution in [0.5, 0.6) is 0 Å². The number of nitrogens with one attached hydrogen (secondary N) is 1. The van der Waals surface area contributed by atoms with E-state index >= 15 is 0 Å². The molecule has 1 atom stereocenters. The zero-order valence-corrected chi connectivity index (χ0v) is 18.3. The maximum Gasteiger partial charge on any atom is 0.269 e. The van der Waals surface area contributed by atoms with Gasteiger partial charge in [0.25, 0.3) is 5.69 Å². The lowest BCUT2D eigenvalue weighted by atomic mass is 9.93. The molecule has 1 aliphatic rings. The Labute approximate surface area is 184 Å². The number of nitrogens with zero attached hydrogens (tertiary/aromatic N) is 2. The van der Waals surface area contributed by atoms with Gasteiger partial charge in [-0.2, -0.15) is 0 Å². The highest BCUT2D eigenvalue weighted by Gasteiger charge is 2.26. The van der Waals surface area contributed by atoms with E-state index in [4.69, 9.17) is 0 Å². The van der Waals surface area contributed by atoms with Crippen LogP contribution in [0.4, 0.5) is 5.69 Å². The van der Waals surface area contributed by atoms with E-state index in [1.165, 1.54) is 54.5 Å². The zero-order chi connectivity index (χ0) is 21.6. The van der Waals surface area contributed by atoms with Crippen LogP contribution in [-0.4, -0.2) is 15.5 Å². The number of nitro groups is 1. The van der Waals surface area contributed by atoms with Crippen molar-refractivity contribution in [1.82, 2.24) is 4.57 Å². The number of aryl methyl sites for hydroxylation is 1. The van der Waals surface area contributed by atoms with E-state index in [0.29, 0.717) is 6.04 Å². The van der Waals surface area contributed by atoms with E-state index in [2.05, 4.69) is 54.1 Å². The van der Waals surface area contributed by atoms with Crippen molar-refractivity contribution in [2.75, 3.05) is 0 Å². The minimum atomic E-state index is -0.326. The Balaban J connectivity index is 1.52. The van der Waals surface area contributed by atoms with Gasteiger partial charge in [0.05, 0.1) is 16.7 Å². The smallest absolute Gasteiger partial charge is 0.269 e. The third-order valence-electron chi connectivity index (χ3n) is 6.53. The molecule has 0 spiro atoms. The van der Waals surface area contributed by atoms with Gasteiger partial charge in [0.15, 0.2) is 0 Å². The van der Waals surface area contributed by atoms with Crippen LogP contribution in [-0.2, 0) is 19.6 Å². The minimum Gasteiger partial charge on any atom is -0.342 e. The fourth-order valence-electron chi connectivity index (χ4n) is 4.86. The fourth-order valence-corrected chi connectivity index (χ4v) is 4.86. The average Bonchev–Trinajstić information content (AvgIpc) is 3.21. The molecule has 3 aromatic rings. The van der Waals surface area contributed by atoms with Crippen molar-refractivity contribution in [3.05, 3.63) is 99.4 Å². The van der Waals surface area contributed by atoms with Crippen LogP contribution in [0.3, 0.4) is 0 Å². The fraction of sp³-hybridized carbons (Fsp3) is 0.385. The molecule has 5 heteroatoms. The summed E-state index contributed by atoms with van der Waals surface area (Å²) in [4.78, 5) is 12.2. The molecule has 0 radical (unpaired) electrons. The molecule has 4 rings (SSSR count). The molecule has 162 valence electrons. The van der Waals surface area contributed by atoms with Gasteiger partial charge in [-0.15, -0.1) is 0 Å². The first-order chi connectivity index (χ1) is 15.1. The second-order valence-electron chi connectivity index (χ2n) is 8.89. The van der Waals surface area contributed by atoms with Crippen LogP contribution in [0, 0.1) is 17.0 Å². The van der Waals surface area contributed by atoms with E-state index in [1.807, 2.05) is 12.1 Å². The first-order valence-corrected chi connectivity index (χ1v) is 11.4. The summed E-state index contributed by atoms with van der Waals surface area (Å²) in [7, 11) is 0. The Bertz CT molecular complexity index is 1000. The van der Waals surface area contributed by atoms with Crippen LogP contribution in [0.25, 0.3) is 0 Å². The predicted octanol–water partition coefficient (Wildman–Crippen LogP) is 4.67. The Kier molecular flexibility index (Phi) is 6.82. The summed E-state index contributed by atoms with van der Waals surface area (Å²) in [6.07, 6.45) is 8.66. The number of non-ortho nitro benzene ring substituents is 1. The van der Waals surface area contributed by atoms with Crippen molar-refractivity contribution in [1.29, 1.82) is 0 Å². The molecule has 0 aliphatic heterocycles. The van der Waals surface area contributed by atoms with Crippen LogP contribution < -0.4 is 4.90 Å². The Morgan fingerprint density at radius 1 is 0.968 bits per heavy atom. The Morgan fingerprint density at radius 3 is 2.45 bits per heavy atom. The summed E-state index contributed by atoms with van der Waals surface area (Å²) < 4.78 is 2.37. The minimum absolute atomic E-state index is 0.162. The number of aromatic nitrogens is 1. The van der Waals surface area contributed by atoms with Gasteiger partial charge < -0.3 is 9.47 Å². The molecule has 1 saturated carbocycles. The van der Waals surface area contributed by atoms with Crippen LogP contribution >= 0.6 is 0 Å². The summed E-state index contributed by atoms with van der Waals surface area (Å²) in [6.45, 7) is 4.90. The van der Waals surface area contributed by atoms with E-state index in [1.54, 1.807) is 17.0 Å². The molecule has 31 heavy (non-hydrogen) atoms. The van der Waals surface area contributed by atoms with Crippen molar-refractivity contribution in [3.8, 4) is 0 Å². The van der Waals surface area contributed by atoms with E-state index in [-0.39, 0.29) is 10.6 Å². The highest BCUT2D eigenvalue weighted by Crippen LogP contribution is 2.17. The average molecular weight is 419 g/mol. The molecule has 1 aliphatic carbocycles. The monoisotopic (exact) mass is 418 g/mol. The summed E-state index contributed by atoms with van der Waals surface area (Å²) in [5, 5.41) is 11.0. The van der Waals surface area contributed by atoms with Gasteiger partial charge in [0.2, 0.25) is 0 Å². The number of nitro benzene ring substituents is 1. The van der Waals surface area contributed by atoms with Crippen molar-refractivity contribution >= 4 is 5.69 Å². The quantitative estimate of drug-likeness (QED) is 0.427. The van der Waals surface area contributed by atoms with E-state index < -0.39 is 0 Å². The topological polar surface area (TPSA) is 52.5 Å². The number of quaternary nitrogens is 1. The molecule has 1 fully saturated rings. The van der Waals surface area contributed by atoms with Crippen LogP contribution in [0.15, 0.2) is 66.9 Å². The van der Waals surface area contributed by atoms with Gasteiger partial charge in [0, 0.05) is 30.4 Å². The SMILES string of the molecule is Cc1cccc(Cn2cccc2C[NH+](Cc2ccc([N+](=O)[O-])cc2)C2CCCCC2)c1. The third-order valence-corrected chi connectivity index (χ3v) is 6.53.